The van der Waals surface area contributed by atoms with Crippen molar-refractivity contribution >= 4 is 20.8 Å². The summed E-state index contributed by atoms with van der Waals surface area (Å²) in [4.78, 5) is 0. The van der Waals surface area contributed by atoms with Gasteiger partial charge in [-0.1, -0.05) is 48.5 Å². The van der Waals surface area contributed by atoms with Crippen LogP contribution < -0.4 is 0 Å². The highest BCUT2D eigenvalue weighted by atomic mass is 32.3. The Balaban J connectivity index is 1.55. The molecular formula is C29H52O10S2. The lowest BCUT2D eigenvalue weighted by Gasteiger charge is -2.62. The normalized spacial score (nSPS) is 42.9. The first-order chi connectivity index (χ1) is 18.6. The molecule has 0 bridgehead atoms. The fraction of sp³-hybridized carbons (Fsp3) is 1.00. The number of hydrogen-bond donors (Lipinski definition) is 4. The van der Waals surface area contributed by atoms with Crippen LogP contribution in [0.2, 0.25) is 0 Å². The molecule has 4 aliphatic carbocycles. The predicted molar refractivity (Wildman–Crippen MR) is 153 cm³/mol. The highest BCUT2D eigenvalue weighted by molar-refractivity contribution is 7.81. The highest BCUT2D eigenvalue weighted by Gasteiger charge is 2.63. The molecular weight excluding hydrogens is 572 g/mol. The minimum absolute atomic E-state index is 0.00503. The SMILES string of the molecule is C[C@H]([C@@H](O)[C@@H](O)[C@@H](C)C(C)(C)C)[C@H]1CC[C@H]2C3CC[C@H]4C[C@H](OS(=O)(=O)O)[C@@H](OS(=O)(=O)O)C[C@]4(C)[C@H]3CC[C@]12C. The molecule has 4 N–H and O–H groups in total. The minimum atomic E-state index is -4.88. The molecule has 12 heteroatoms. The van der Waals surface area contributed by atoms with Crippen molar-refractivity contribution in [2.45, 2.75) is 124 Å². The van der Waals surface area contributed by atoms with Gasteiger partial charge in [0, 0.05) is 0 Å². The zero-order valence-electron chi connectivity index (χ0n) is 25.6. The van der Waals surface area contributed by atoms with Crippen molar-refractivity contribution in [2.24, 2.45) is 57.7 Å². The van der Waals surface area contributed by atoms with Gasteiger partial charge in [-0.05, 0) is 109 Å². The first-order valence-corrected chi connectivity index (χ1v) is 18.0. The summed E-state index contributed by atoms with van der Waals surface area (Å²) < 4.78 is 75.0. The average molecular weight is 625 g/mol. The standard InChI is InChI=1S/C29H52O10S2/c1-16(25(30)26(31)17(2)27(3,4)5)20-10-11-21-19-9-8-18-14-23(38-40(32,33)34)24(39-41(35,36)37)15-29(18,7)22(19)12-13-28(20,21)6/h16-26,30-31H,8-15H2,1-7H3,(H,32,33,34)(H,35,36,37)/t16-,17+,18-,19?,20+,21-,22-,23-,24-,25+,26-,28+,29-/m0/s1. The monoisotopic (exact) mass is 624 g/mol. The average Bonchev–Trinajstić information content (AvgIpc) is 3.17. The van der Waals surface area contributed by atoms with E-state index in [0.717, 1.165) is 38.5 Å². The number of aliphatic hydroxyl groups is 2. The van der Waals surface area contributed by atoms with Crippen LogP contribution in [0.15, 0.2) is 0 Å². The van der Waals surface area contributed by atoms with Crippen molar-refractivity contribution in [1.82, 2.24) is 0 Å². The van der Waals surface area contributed by atoms with Gasteiger partial charge in [0.05, 0.1) is 12.2 Å². The lowest BCUT2D eigenvalue weighted by molar-refractivity contribution is -0.156. The molecule has 4 aliphatic rings. The fourth-order valence-electron chi connectivity index (χ4n) is 10.0. The van der Waals surface area contributed by atoms with E-state index in [0.29, 0.717) is 11.8 Å². The molecule has 0 saturated heterocycles. The summed E-state index contributed by atoms with van der Waals surface area (Å²) in [6.45, 7) is 14.8. The van der Waals surface area contributed by atoms with E-state index >= 15 is 0 Å². The van der Waals surface area contributed by atoms with Crippen LogP contribution in [0.5, 0.6) is 0 Å². The molecule has 10 nitrogen and oxygen atoms in total. The van der Waals surface area contributed by atoms with Gasteiger partial charge in [0.2, 0.25) is 0 Å². The lowest BCUT2D eigenvalue weighted by atomic mass is 9.44. The molecule has 0 aromatic carbocycles. The van der Waals surface area contributed by atoms with E-state index in [2.05, 4.69) is 41.5 Å². The van der Waals surface area contributed by atoms with Gasteiger partial charge in [-0.2, -0.15) is 16.8 Å². The maximum absolute atomic E-state index is 11.7. The van der Waals surface area contributed by atoms with Crippen molar-refractivity contribution in [3.63, 3.8) is 0 Å². The summed E-state index contributed by atoms with van der Waals surface area (Å²) >= 11 is 0. The molecule has 0 aliphatic heterocycles. The van der Waals surface area contributed by atoms with Gasteiger partial charge in [-0.3, -0.25) is 9.11 Å². The Morgan fingerprint density at radius 2 is 1.34 bits per heavy atom. The maximum Gasteiger partial charge on any atom is 0.397 e. The van der Waals surface area contributed by atoms with E-state index in [1.165, 1.54) is 0 Å². The second kappa shape index (κ2) is 11.2. The number of aliphatic hydroxyl groups excluding tert-OH is 2. The van der Waals surface area contributed by atoms with Gasteiger partial charge in [-0.15, -0.1) is 0 Å². The molecule has 4 fully saturated rings. The summed E-state index contributed by atoms with van der Waals surface area (Å²) in [6.07, 6.45) is 1.98. The second-order valence-electron chi connectivity index (χ2n) is 15.4. The van der Waals surface area contributed by atoms with Crippen LogP contribution in [-0.2, 0) is 29.2 Å². The van der Waals surface area contributed by atoms with Crippen molar-refractivity contribution in [2.75, 3.05) is 0 Å². The first-order valence-electron chi connectivity index (χ1n) is 15.3. The highest BCUT2D eigenvalue weighted by Crippen LogP contribution is 2.68. The van der Waals surface area contributed by atoms with Crippen molar-refractivity contribution in [3.8, 4) is 0 Å². The van der Waals surface area contributed by atoms with Crippen molar-refractivity contribution < 1.29 is 44.5 Å². The zero-order valence-corrected chi connectivity index (χ0v) is 27.2. The van der Waals surface area contributed by atoms with Crippen LogP contribution in [0, 0.1) is 57.7 Å². The summed E-state index contributed by atoms with van der Waals surface area (Å²) in [5.41, 5.74) is -0.484. The summed E-state index contributed by atoms with van der Waals surface area (Å²) in [7, 11) is -9.73. The van der Waals surface area contributed by atoms with Crippen LogP contribution in [0.1, 0.15) is 99.8 Å². The Hall–Kier alpha value is -0.340. The molecule has 13 atom stereocenters. The number of fused-ring (bicyclic) bond motifs is 5. The quantitative estimate of drug-likeness (QED) is 0.279. The molecule has 0 spiro atoms. The third-order valence-corrected chi connectivity index (χ3v) is 13.6. The number of hydrogen-bond acceptors (Lipinski definition) is 8. The predicted octanol–water partition coefficient (Wildman–Crippen LogP) is 4.67. The van der Waals surface area contributed by atoms with Crippen LogP contribution in [0.4, 0.5) is 0 Å². The van der Waals surface area contributed by atoms with Crippen LogP contribution >= 0.6 is 0 Å². The number of rotatable bonds is 8. The maximum atomic E-state index is 11.7. The second-order valence-corrected chi connectivity index (χ2v) is 17.5. The molecule has 0 aromatic heterocycles. The van der Waals surface area contributed by atoms with E-state index in [4.69, 9.17) is 8.37 Å². The zero-order chi connectivity index (χ0) is 30.9. The third kappa shape index (κ3) is 6.55. The van der Waals surface area contributed by atoms with Gasteiger partial charge in [-0.25, -0.2) is 8.37 Å². The minimum Gasteiger partial charge on any atom is -0.390 e. The Morgan fingerprint density at radius 1 is 0.780 bits per heavy atom. The van der Waals surface area contributed by atoms with Crippen LogP contribution in [-0.4, -0.2) is 60.6 Å². The summed E-state index contributed by atoms with van der Waals surface area (Å²) in [6, 6.07) is 0. The van der Waals surface area contributed by atoms with E-state index in [1.807, 2.05) is 6.92 Å². The van der Waals surface area contributed by atoms with E-state index in [9.17, 15) is 36.2 Å². The molecule has 0 radical (unpaired) electrons. The van der Waals surface area contributed by atoms with Gasteiger partial charge in [0.1, 0.15) is 12.2 Å². The van der Waals surface area contributed by atoms with Crippen molar-refractivity contribution in [1.29, 1.82) is 0 Å². The largest absolute Gasteiger partial charge is 0.397 e. The Labute approximate surface area is 246 Å². The smallest absolute Gasteiger partial charge is 0.390 e. The molecule has 0 heterocycles. The lowest BCUT2D eigenvalue weighted by Crippen LogP contribution is -2.58. The van der Waals surface area contributed by atoms with Crippen LogP contribution in [0.25, 0.3) is 0 Å². The fourth-order valence-corrected chi connectivity index (χ4v) is 11.0. The van der Waals surface area contributed by atoms with Gasteiger partial charge >= 0.3 is 20.8 Å². The molecule has 41 heavy (non-hydrogen) atoms. The van der Waals surface area contributed by atoms with Gasteiger partial charge in [0.15, 0.2) is 0 Å². The molecule has 1 unspecified atom stereocenters. The summed E-state index contributed by atoms with van der Waals surface area (Å²) in [5, 5.41) is 22.4. The van der Waals surface area contributed by atoms with E-state index in [-0.39, 0.29) is 58.7 Å². The van der Waals surface area contributed by atoms with Gasteiger partial charge < -0.3 is 10.2 Å². The molecule has 4 rings (SSSR count). The molecule has 240 valence electrons. The topological polar surface area (TPSA) is 168 Å². The van der Waals surface area contributed by atoms with E-state index < -0.39 is 45.2 Å². The third-order valence-electron chi connectivity index (χ3n) is 12.6. The molecule has 0 aromatic rings. The Morgan fingerprint density at radius 3 is 1.90 bits per heavy atom. The van der Waals surface area contributed by atoms with E-state index in [1.54, 1.807) is 0 Å². The Kier molecular flexibility index (Phi) is 9.19. The first kappa shape index (κ1) is 33.6. The van der Waals surface area contributed by atoms with Crippen molar-refractivity contribution in [3.05, 3.63) is 0 Å². The Bertz CT molecular complexity index is 1170. The van der Waals surface area contributed by atoms with Gasteiger partial charge in [0.25, 0.3) is 0 Å². The summed E-state index contributed by atoms with van der Waals surface area (Å²) in [5.74, 6) is 1.25. The van der Waals surface area contributed by atoms with Crippen LogP contribution in [0.3, 0.4) is 0 Å². The molecule has 0 amide bonds. The molecule has 4 saturated carbocycles.